The Morgan fingerprint density at radius 2 is 2.35 bits per heavy atom. The highest BCUT2D eigenvalue weighted by molar-refractivity contribution is 8.00. The minimum Gasteiger partial charge on any atom is -0.377 e. The number of rotatable bonds is 7. The van der Waals surface area contributed by atoms with Gasteiger partial charge in [-0.25, -0.2) is 0 Å². The van der Waals surface area contributed by atoms with Crippen LogP contribution in [0.2, 0.25) is 0 Å². The Balaban J connectivity index is 1.74. The highest BCUT2D eigenvalue weighted by atomic mass is 32.2. The standard InChI is InChI=1S/C17H33N3O2S/c1-4-18-17(20-8-11-23-16(12-20)14(2)3)19-7-10-21-13-15-6-5-9-22-15/h14-16H,4-13H2,1-3H3,(H,18,19). The van der Waals surface area contributed by atoms with Gasteiger partial charge in [0.25, 0.3) is 0 Å². The van der Waals surface area contributed by atoms with Gasteiger partial charge in [0.2, 0.25) is 0 Å². The second kappa shape index (κ2) is 10.4. The first-order chi connectivity index (χ1) is 11.2. The van der Waals surface area contributed by atoms with Crippen LogP contribution in [0, 0.1) is 5.92 Å². The molecular formula is C17H33N3O2S. The number of nitrogens with zero attached hydrogens (tertiary/aromatic N) is 2. The molecule has 0 saturated carbocycles. The lowest BCUT2D eigenvalue weighted by molar-refractivity contribution is 0.0199. The van der Waals surface area contributed by atoms with Gasteiger partial charge in [0.1, 0.15) is 0 Å². The summed E-state index contributed by atoms with van der Waals surface area (Å²) in [5.74, 6) is 2.93. The van der Waals surface area contributed by atoms with E-state index < -0.39 is 0 Å². The Morgan fingerprint density at radius 1 is 1.48 bits per heavy atom. The summed E-state index contributed by atoms with van der Waals surface area (Å²) in [5, 5.41) is 4.13. The number of aliphatic imine (C=N–C) groups is 1. The molecule has 2 atom stereocenters. The van der Waals surface area contributed by atoms with Crippen molar-refractivity contribution in [3.05, 3.63) is 0 Å². The monoisotopic (exact) mass is 343 g/mol. The van der Waals surface area contributed by atoms with Gasteiger partial charge in [0.05, 0.1) is 25.9 Å². The number of guanidine groups is 1. The van der Waals surface area contributed by atoms with Gasteiger partial charge in [0.15, 0.2) is 5.96 Å². The van der Waals surface area contributed by atoms with Crippen LogP contribution in [0.15, 0.2) is 4.99 Å². The molecule has 2 saturated heterocycles. The van der Waals surface area contributed by atoms with Gasteiger partial charge in [-0.2, -0.15) is 11.8 Å². The largest absolute Gasteiger partial charge is 0.377 e. The molecule has 0 aromatic carbocycles. The zero-order valence-electron chi connectivity index (χ0n) is 14.9. The summed E-state index contributed by atoms with van der Waals surface area (Å²) in [7, 11) is 0. The quantitative estimate of drug-likeness (QED) is 0.436. The summed E-state index contributed by atoms with van der Waals surface area (Å²) in [6, 6.07) is 0. The number of thioether (sulfide) groups is 1. The summed E-state index contributed by atoms with van der Waals surface area (Å²) in [6.07, 6.45) is 2.60. The van der Waals surface area contributed by atoms with Gasteiger partial charge in [0, 0.05) is 37.2 Å². The maximum Gasteiger partial charge on any atom is 0.194 e. The van der Waals surface area contributed by atoms with E-state index in [4.69, 9.17) is 14.5 Å². The third kappa shape index (κ3) is 6.51. The van der Waals surface area contributed by atoms with Gasteiger partial charge in [-0.1, -0.05) is 13.8 Å². The Kier molecular flexibility index (Phi) is 8.55. The Morgan fingerprint density at radius 3 is 3.04 bits per heavy atom. The van der Waals surface area contributed by atoms with Crippen molar-refractivity contribution >= 4 is 17.7 Å². The Hall–Kier alpha value is -0.460. The second-order valence-corrected chi connectivity index (χ2v) is 7.89. The summed E-state index contributed by atoms with van der Waals surface area (Å²) in [6.45, 7) is 12.8. The fraction of sp³-hybridized carbons (Fsp3) is 0.941. The molecule has 0 radical (unpaired) electrons. The van der Waals surface area contributed by atoms with E-state index in [1.165, 1.54) is 12.2 Å². The molecule has 1 N–H and O–H groups in total. The van der Waals surface area contributed by atoms with E-state index >= 15 is 0 Å². The average Bonchev–Trinajstić information content (AvgIpc) is 3.07. The third-order valence-electron chi connectivity index (χ3n) is 4.30. The molecule has 2 aliphatic heterocycles. The van der Waals surface area contributed by atoms with Crippen molar-refractivity contribution in [1.29, 1.82) is 0 Å². The van der Waals surface area contributed by atoms with E-state index in [0.717, 1.165) is 38.6 Å². The number of ether oxygens (including phenoxy) is 2. The first-order valence-electron chi connectivity index (χ1n) is 9.05. The van der Waals surface area contributed by atoms with E-state index in [2.05, 4.69) is 42.7 Å². The zero-order chi connectivity index (χ0) is 16.5. The van der Waals surface area contributed by atoms with Crippen molar-refractivity contribution in [2.24, 2.45) is 10.9 Å². The van der Waals surface area contributed by atoms with Gasteiger partial charge < -0.3 is 19.7 Å². The maximum absolute atomic E-state index is 5.71. The van der Waals surface area contributed by atoms with Crippen LogP contribution in [-0.4, -0.2) is 74.0 Å². The van der Waals surface area contributed by atoms with Crippen molar-refractivity contribution < 1.29 is 9.47 Å². The minimum absolute atomic E-state index is 0.304. The molecular weight excluding hydrogens is 310 g/mol. The Labute approximate surface area is 145 Å². The zero-order valence-corrected chi connectivity index (χ0v) is 15.7. The van der Waals surface area contributed by atoms with Gasteiger partial charge in [-0.3, -0.25) is 4.99 Å². The van der Waals surface area contributed by atoms with Gasteiger partial charge in [-0.05, 0) is 25.7 Å². The van der Waals surface area contributed by atoms with E-state index in [-0.39, 0.29) is 0 Å². The van der Waals surface area contributed by atoms with E-state index in [1.807, 2.05) is 0 Å². The van der Waals surface area contributed by atoms with E-state index in [9.17, 15) is 0 Å². The van der Waals surface area contributed by atoms with Crippen LogP contribution in [0.5, 0.6) is 0 Å². The highest BCUT2D eigenvalue weighted by Crippen LogP contribution is 2.24. The van der Waals surface area contributed by atoms with Crippen molar-refractivity contribution in [2.45, 2.75) is 45.0 Å². The molecule has 0 bridgehead atoms. The highest BCUT2D eigenvalue weighted by Gasteiger charge is 2.24. The molecule has 134 valence electrons. The van der Waals surface area contributed by atoms with Crippen molar-refractivity contribution in [1.82, 2.24) is 10.2 Å². The summed E-state index contributed by atoms with van der Waals surface area (Å²) in [4.78, 5) is 7.16. The molecule has 2 heterocycles. The molecule has 0 aromatic rings. The number of nitrogens with one attached hydrogen (secondary N) is 1. The fourth-order valence-electron chi connectivity index (χ4n) is 2.90. The van der Waals surface area contributed by atoms with Gasteiger partial charge >= 0.3 is 0 Å². The molecule has 2 rings (SSSR count). The number of hydrogen-bond acceptors (Lipinski definition) is 4. The fourth-order valence-corrected chi connectivity index (χ4v) is 4.20. The smallest absolute Gasteiger partial charge is 0.194 e. The normalized spacial score (nSPS) is 26.1. The maximum atomic E-state index is 5.71. The summed E-state index contributed by atoms with van der Waals surface area (Å²) in [5.41, 5.74) is 0. The average molecular weight is 344 g/mol. The van der Waals surface area contributed by atoms with Gasteiger partial charge in [-0.15, -0.1) is 0 Å². The van der Waals surface area contributed by atoms with Crippen LogP contribution < -0.4 is 5.32 Å². The molecule has 5 nitrogen and oxygen atoms in total. The first-order valence-corrected chi connectivity index (χ1v) is 10.1. The van der Waals surface area contributed by atoms with Crippen LogP contribution in [0.1, 0.15) is 33.6 Å². The van der Waals surface area contributed by atoms with Crippen LogP contribution in [0.3, 0.4) is 0 Å². The molecule has 0 amide bonds. The molecule has 0 aliphatic carbocycles. The molecule has 2 aliphatic rings. The molecule has 23 heavy (non-hydrogen) atoms. The molecule has 2 unspecified atom stereocenters. The summed E-state index contributed by atoms with van der Waals surface area (Å²) >= 11 is 2.09. The van der Waals surface area contributed by atoms with Crippen LogP contribution in [0.25, 0.3) is 0 Å². The lowest BCUT2D eigenvalue weighted by atomic mass is 10.1. The molecule has 2 fully saturated rings. The second-order valence-electron chi connectivity index (χ2n) is 6.54. The topological polar surface area (TPSA) is 46.1 Å². The third-order valence-corrected chi connectivity index (χ3v) is 5.84. The molecule has 6 heteroatoms. The summed E-state index contributed by atoms with van der Waals surface area (Å²) < 4.78 is 11.3. The molecule has 0 spiro atoms. The number of hydrogen-bond donors (Lipinski definition) is 1. The predicted molar refractivity (Wildman–Crippen MR) is 98.4 cm³/mol. The van der Waals surface area contributed by atoms with Crippen molar-refractivity contribution in [3.63, 3.8) is 0 Å². The molecule has 0 aromatic heterocycles. The lowest BCUT2D eigenvalue weighted by Crippen LogP contribution is -2.49. The van der Waals surface area contributed by atoms with Crippen LogP contribution >= 0.6 is 11.8 Å². The Bertz CT molecular complexity index is 360. The predicted octanol–water partition coefficient (Wildman–Crippen LogP) is 2.22. The van der Waals surface area contributed by atoms with Crippen molar-refractivity contribution in [2.75, 3.05) is 51.8 Å². The lowest BCUT2D eigenvalue weighted by Gasteiger charge is -2.36. The van der Waals surface area contributed by atoms with Crippen LogP contribution in [-0.2, 0) is 9.47 Å². The van der Waals surface area contributed by atoms with Crippen molar-refractivity contribution in [3.8, 4) is 0 Å². The van der Waals surface area contributed by atoms with Crippen LogP contribution in [0.4, 0.5) is 0 Å². The van der Waals surface area contributed by atoms with E-state index in [0.29, 0.717) is 37.0 Å². The minimum atomic E-state index is 0.304. The first kappa shape index (κ1) is 18.9. The SMILES string of the molecule is CCNC(=NCCOCC1CCCO1)N1CCSC(C(C)C)C1. The van der Waals surface area contributed by atoms with E-state index in [1.54, 1.807) is 0 Å².